The van der Waals surface area contributed by atoms with E-state index >= 15 is 0 Å². The molecule has 0 heterocycles. The van der Waals surface area contributed by atoms with E-state index in [0.29, 0.717) is 11.4 Å². The lowest BCUT2D eigenvalue weighted by Crippen LogP contribution is -2.28. The summed E-state index contributed by atoms with van der Waals surface area (Å²) in [4.78, 5) is 23.5. The minimum atomic E-state index is -3.67. The molecule has 0 aromatic heterocycles. The van der Waals surface area contributed by atoms with E-state index in [4.69, 9.17) is 0 Å². The minimum absolute atomic E-state index is 0.0200. The van der Waals surface area contributed by atoms with Crippen LogP contribution in [-0.2, 0) is 19.6 Å². The van der Waals surface area contributed by atoms with Gasteiger partial charge in [0.05, 0.1) is 4.90 Å². The van der Waals surface area contributed by atoms with E-state index < -0.39 is 10.0 Å². The SMILES string of the molecule is CC(=O)Nc1ccc(C)c(NC(=O)CCNS(=O)(=O)c2ccc(C)c(C)c2)c1. The van der Waals surface area contributed by atoms with Gasteiger partial charge in [-0.1, -0.05) is 12.1 Å². The summed E-state index contributed by atoms with van der Waals surface area (Å²) in [5.41, 5.74) is 3.86. The van der Waals surface area contributed by atoms with Crippen LogP contribution in [0.25, 0.3) is 0 Å². The molecule has 0 saturated carbocycles. The fraction of sp³-hybridized carbons (Fsp3) is 0.300. The predicted molar refractivity (Wildman–Crippen MR) is 110 cm³/mol. The second-order valence-corrected chi connectivity index (χ2v) is 8.42. The van der Waals surface area contributed by atoms with Gasteiger partial charge in [0.25, 0.3) is 0 Å². The number of aryl methyl sites for hydroxylation is 3. The van der Waals surface area contributed by atoms with Crippen LogP contribution in [0, 0.1) is 20.8 Å². The van der Waals surface area contributed by atoms with E-state index in [-0.39, 0.29) is 29.7 Å². The lowest BCUT2D eigenvalue weighted by atomic mass is 10.1. The predicted octanol–water partition coefficient (Wildman–Crippen LogP) is 2.88. The third-order valence-electron chi connectivity index (χ3n) is 4.26. The van der Waals surface area contributed by atoms with E-state index in [9.17, 15) is 18.0 Å². The Bertz CT molecular complexity index is 1000. The summed E-state index contributed by atoms with van der Waals surface area (Å²) in [5, 5.41) is 5.39. The topological polar surface area (TPSA) is 104 Å². The number of sulfonamides is 1. The zero-order chi connectivity index (χ0) is 20.9. The van der Waals surface area contributed by atoms with E-state index in [0.717, 1.165) is 16.7 Å². The van der Waals surface area contributed by atoms with Gasteiger partial charge in [0, 0.05) is 31.3 Å². The third-order valence-corrected chi connectivity index (χ3v) is 5.72. The van der Waals surface area contributed by atoms with Crippen molar-refractivity contribution in [3.63, 3.8) is 0 Å². The maximum atomic E-state index is 12.4. The molecule has 0 aliphatic carbocycles. The monoisotopic (exact) mass is 403 g/mol. The van der Waals surface area contributed by atoms with Gasteiger partial charge < -0.3 is 10.6 Å². The Labute approximate surface area is 165 Å². The van der Waals surface area contributed by atoms with Crippen LogP contribution in [-0.4, -0.2) is 26.8 Å². The molecule has 0 fully saturated rings. The maximum Gasteiger partial charge on any atom is 0.240 e. The number of anilines is 2. The molecular formula is C20H25N3O4S. The Balaban J connectivity index is 1.95. The number of rotatable bonds is 7. The van der Waals surface area contributed by atoms with E-state index in [1.807, 2.05) is 20.8 Å². The summed E-state index contributed by atoms with van der Waals surface area (Å²) >= 11 is 0. The van der Waals surface area contributed by atoms with Crippen LogP contribution in [0.15, 0.2) is 41.3 Å². The molecule has 7 nitrogen and oxygen atoms in total. The molecule has 2 amide bonds. The van der Waals surface area contributed by atoms with Gasteiger partial charge in [-0.15, -0.1) is 0 Å². The van der Waals surface area contributed by atoms with Gasteiger partial charge in [0.15, 0.2) is 0 Å². The number of amides is 2. The average molecular weight is 404 g/mol. The van der Waals surface area contributed by atoms with Crippen molar-refractivity contribution in [2.45, 2.75) is 39.0 Å². The standard InChI is InChI=1S/C20H25N3O4S/c1-13-6-8-18(11-15(13)3)28(26,27)21-10-9-20(25)23-19-12-17(22-16(4)24)7-5-14(19)2/h5-8,11-12,21H,9-10H2,1-4H3,(H,22,24)(H,23,25). The van der Waals surface area contributed by atoms with Gasteiger partial charge >= 0.3 is 0 Å². The molecule has 0 atom stereocenters. The highest BCUT2D eigenvalue weighted by atomic mass is 32.2. The highest BCUT2D eigenvalue weighted by Crippen LogP contribution is 2.20. The largest absolute Gasteiger partial charge is 0.326 e. The lowest BCUT2D eigenvalue weighted by molar-refractivity contribution is -0.116. The molecule has 0 aliphatic rings. The molecule has 8 heteroatoms. The van der Waals surface area contributed by atoms with Crippen molar-refractivity contribution in [2.24, 2.45) is 0 Å². The quantitative estimate of drug-likeness (QED) is 0.661. The Morgan fingerprint density at radius 1 is 0.893 bits per heavy atom. The van der Waals surface area contributed by atoms with Crippen LogP contribution in [0.2, 0.25) is 0 Å². The van der Waals surface area contributed by atoms with Crippen LogP contribution in [0.3, 0.4) is 0 Å². The van der Waals surface area contributed by atoms with Gasteiger partial charge in [-0.2, -0.15) is 0 Å². The molecule has 2 aromatic carbocycles. The molecule has 150 valence electrons. The third kappa shape index (κ3) is 5.90. The first kappa shape index (κ1) is 21.6. The van der Waals surface area contributed by atoms with E-state index in [1.54, 1.807) is 36.4 Å². The zero-order valence-electron chi connectivity index (χ0n) is 16.4. The van der Waals surface area contributed by atoms with Crippen molar-refractivity contribution < 1.29 is 18.0 Å². The zero-order valence-corrected chi connectivity index (χ0v) is 17.2. The van der Waals surface area contributed by atoms with Crippen LogP contribution in [0.5, 0.6) is 0 Å². The number of hydrogen-bond donors (Lipinski definition) is 3. The Morgan fingerprint density at radius 2 is 1.57 bits per heavy atom. The second kappa shape index (κ2) is 8.99. The molecule has 0 spiro atoms. The first-order valence-corrected chi connectivity index (χ1v) is 10.3. The number of nitrogens with one attached hydrogen (secondary N) is 3. The Morgan fingerprint density at radius 3 is 2.21 bits per heavy atom. The lowest BCUT2D eigenvalue weighted by Gasteiger charge is -2.12. The second-order valence-electron chi connectivity index (χ2n) is 6.65. The molecule has 0 saturated heterocycles. The van der Waals surface area contributed by atoms with E-state index in [1.165, 1.54) is 6.92 Å². The number of hydrogen-bond acceptors (Lipinski definition) is 4. The fourth-order valence-electron chi connectivity index (χ4n) is 2.51. The van der Waals surface area contributed by atoms with Gasteiger partial charge in [0.1, 0.15) is 0 Å². The number of benzene rings is 2. The van der Waals surface area contributed by atoms with Crippen molar-refractivity contribution in [2.75, 3.05) is 17.2 Å². The van der Waals surface area contributed by atoms with Crippen LogP contribution in [0.4, 0.5) is 11.4 Å². The van der Waals surface area contributed by atoms with Crippen LogP contribution >= 0.6 is 0 Å². The molecule has 0 unspecified atom stereocenters. The van der Waals surface area contributed by atoms with Crippen molar-refractivity contribution >= 4 is 33.2 Å². The normalized spacial score (nSPS) is 11.1. The van der Waals surface area contributed by atoms with Gasteiger partial charge in [0.2, 0.25) is 21.8 Å². The average Bonchev–Trinajstić information content (AvgIpc) is 2.59. The fourth-order valence-corrected chi connectivity index (χ4v) is 3.63. The van der Waals surface area contributed by atoms with Crippen molar-refractivity contribution in [3.8, 4) is 0 Å². The van der Waals surface area contributed by atoms with Gasteiger partial charge in [-0.3, -0.25) is 9.59 Å². The summed E-state index contributed by atoms with van der Waals surface area (Å²) in [6.07, 6.45) is -0.0200. The Hall–Kier alpha value is -2.71. The summed E-state index contributed by atoms with van der Waals surface area (Å²) < 4.78 is 27.2. The molecule has 0 radical (unpaired) electrons. The highest BCUT2D eigenvalue weighted by Gasteiger charge is 2.15. The first-order valence-electron chi connectivity index (χ1n) is 8.83. The smallest absolute Gasteiger partial charge is 0.240 e. The molecular weight excluding hydrogens is 378 g/mol. The first-order chi connectivity index (χ1) is 13.1. The Kier molecular flexibility index (Phi) is 6.93. The minimum Gasteiger partial charge on any atom is -0.326 e. The molecule has 28 heavy (non-hydrogen) atoms. The molecule has 0 bridgehead atoms. The maximum absolute atomic E-state index is 12.4. The van der Waals surface area contributed by atoms with Crippen LogP contribution in [0.1, 0.15) is 30.0 Å². The summed E-state index contributed by atoms with van der Waals surface area (Å²) in [7, 11) is -3.67. The highest BCUT2D eigenvalue weighted by molar-refractivity contribution is 7.89. The van der Waals surface area contributed by atoms with E-state index in [2.05, 4.69) is 15.4 Å². The number of carbonyl (C=O) groups is 2. The summed E-state index contributed by atoms with van der Waals surface area (Å²) in [6, 6.07) is 10.1. The molecule has 3 N–H and O–H groups in total. The van der Waals surface area contributed by atoms with Gasteiger partial charge in [-0.25, -0.2) is 13.1 Å². The van der Waals surface area contributed by atoms with Crippen LogP contribution < -0.4 is 15.4 Å². The summed E-state index contributed by atoms with van der Waals surface area (Å²) in [6.45, 7) is 6.96. The van der Waals surface area contributed by atoms with Gasteiger partial charge in [-0.05, 0) is 61.7 Å². The summed E-state index contributed by atoms with van der Waals surface area (Å²) in [5.74, 6) is -0.534. The molecule has 2 rings (SSSR count). The molecule has 0 aliphatic heterocycles. The number of carbonyl (C=O) groups excluding carboxylic acids is 2. The van der Waals surface area contributed by atoms with Crippen molar-refractivity contribution in [3.05, 3.63) is 53.1 Å². The van der Waals surface area contributed by atoms with Crippen molar-refractivity contribution in [1.82, 2.24) is 4.72 Å². The molecule has 2 aromatic rings. The van der Waals surface area contributed by atoms with Crippen molar-refractivity contribution in [1.29, 1.82) is 0 Å².